The lowest BCUT2D eigenvalue weighted by Gasteiger charge is -2.27. The molecule has 0 rings (SSSR count). The number of carbonyl (C=O) groups excluding carboxylic acids is 1. The van der Waals surface area contributed by atoms with Gasteiger partial charge in [-0.05, 0) is 13.3 Å². The molecule has 0 fully saturated rings. The third-order valence-electron chi connectivity index (χ3n) is 1.97. The number of carbonyl (C=O) groups is 1. The highest BCUT2D eigenvalue weighted by Gasteiger charge is 2.18. The summed E-state index contributed by atoms with van der Waals surface area (Å²) < 4.78 is 16.4. The van der Waals surface area contributed by atoms with Crippen molar-refractivity contribution in [2.45, 2.75) is 25.9 Å². The molecule has 0 aliphatic rings. The minimum atomic E-state index is -4.00. The summed E-state index contributed by atoms with van der Waals surface area (Å²) in [6.07, 6.45) is -0.268. The summed E-state index contributed by atoms with van der Waals surface area (Å²) in [5, 5.41) is 0. The van der Waals surface area contributed by atoms with Crippen molar-refractivity contribution >= 4 is 13.6 Å². The SMILES string of the molecule is CC(C[N+](C)(C)C)OC(=O)CCCP(=O)(O)O. The van der Waals surface area contributed by atoms with Gasteiger partial charge in [-0.15, -0.1) is 0 Å². The number of esters is 1. The number of hydrogen-bond donors (Lipinski definition) is 2. The first-order valence-corrected chi connectivity index (χ1v) is 7.34. The van der Waals surface area contributed by atoms with Crippen molar-refractivity contribution in [3.63, 3.8) is 0 Å². The van der Waals surface area contributed by atoms with Gasteiger partial charge in [0.25, 0.3) is 0 Å². The third-order valence-corrected chi connectivity index (χ3v) is 2.87. The molecule has 0 heterocycles. The van der Waals surface area contributed by atoms with Crippen molar-refractivity contribution in [3.05, 3.63) is 0 Å². The Balaban J connectivity index is 3.83. The van der Waals surface area contributed by atoms with Gasteiger partial charge in [-0.25, -0.2) is 0 Å². The molecule has 1 unspecified atom stereocenters. The van der Waals surface area contributed by atoms with E-state index in [9.17, 15) is 9.36 Å². The summed E-state index contributed by atoms with van der Waals surface area (Å²) in [5.74, 6) is -0.403. The van der Waals surface area contributed by atoms with Crippen LogP contribution < -0.4 is 0 Å². The summed E-state index contributed by atoms with van der Waals surface area (Å²) in [7, 11) is 1.99. The molecule has 102 valence electrons. The Labute approximate surface area is 102 Å². The minimum absolute atomic E-state index is 0.0482. The van der Waals surface area contributed by atoms with Crippen LogP contribution in [0.4, 0.5) is 0 Å². The van der Waals surface area contributed by atoms with E-state index in [4.69, 9.17) is 14.5 Å². The quantitative estimate of drug-likeness (QED) is 0.401. The van der Waals surface area contributed by atoms with E-state index in [1.807, 2.05) is 28.1 Å². The van der Waals surface area contributed by atoms with E-state index >= 15 is 0 Å². The number of hydrogen-bond acceptors (Lipinski definition) is 3. The number of ether oxygens (including phenoxy) is 1. The third kappa shape index (κ3) is 11.8. The number of rotatable bonds is 7. The van der Waals surface area contributed by atoms with Crippen LogP contribution in [0, 0.1) is 0 Å². The highest BCUT2D eigenvalue weighted by Crippen LogP contribution is 2.35. The smallest absolute Gasteiger partial charge is 0.325 e. The zero-order valence-electron chi connectivity index (χ0n) is 10.9. The molecular formula is C10H23NO5P+. The van der Waals surface area contributed by atoms with Gasteiger partial charge >= 0.3 is 13.6 Å². The molecule has 1 atom stereocenters. The molecule has 0 spiro atoms. The van der Waals surface area contributed by atoms with Crippen LogP contribution in [0.5, 0.6) is 0 Å². The largest absolute Gasteiger partial charge is 0.457 e. The van der Waals surface area contributed by atoms with Crippen LogP contribution in [0.3, 0.4) is 0 Å². The van der Waals surface area contributed by atoms with Gasteiger partial charge in [0.2, 0.25) is 0 Å². The second kappa shape index (κ2) is 6.50. The van der Waals surface area contributed by atoms with Gasteiger partial charge in [-0.3, -0.25) is 9.36 Å². The first-order chi connectivity index (χ1) is 7.49. The van der Waals surface area contributed by atoms with E-state index in [2.05, 4.69) is 0 Å². The molecule has 7 heteroatoms. The van der Waals surface area contributed by atoms with Crippen molar-refractivity contribution in [2.24, 2.45) is 0 Å². The van der Waals surface area contributed by atoms with Gasteiger partial charge in [0.15, 0.2) is 0 Å². The van der Waals surface area contributed by atoms with Crippen LogP contribution in [0.25, 0.3) is 0 Å². The summed E-state index contributed by atoms with van der Waals surface area (Å²) in [4.78, 5) is 28.6. The van der Waals surface area contributed by atoms with Crippen LogP contribution >= 0.6 is 7.60 Å². The Kier molecular flexibility index (Phi) is 6.34. The van der Waals surface area contributed by atoms with Crippen LogP contribution in [0.1, 0.15) is 19.8 Å². The molecule has 2 N–H and O–H groups in total. The molecule has 17 heavy (non-hydrogen) atoms. The normalized spacial score (nSPS) is 14.5. The number of nitrogens with zero attached hydrogens (tertiary/aromatic N) is 1. The Morgan fingerprint density at radius 2 is 1.88 bits per heavy atom. The van der Waals surface area contributed by atoms with Crippen molar-refractivity contribution in [3.8, 4) is 0 Å². The van der Waals surface area contributed by atoms with Crippen molar-refractivity contribution < 1.29 is 28.4 Å². The van der Waals surface area contributed by atoms with Crippen molar-refractivity contribution in [1.29, 1.82) is 0 Å². The molecule has 0 bridgehead atoms. The highest BCUT2D eigenvalue weighted by molar-refractivity contribution is 7.51. The van der Waals surface area contributed by atoms with Gasteiger partial charge in [0, 0.05) is 6.42 Å². The second-order valence-corrected chi connectivity index (χ2v) is 7.04. The predicted molar refractivity (Wildman–Crippen MR) is 64.6 cm³/mol. The van der Waals surface area contributed by atoms with Gasteiger partial charge < -0.3 is 19.0 Å². The lowest BCUT2D eigenvalue weighted by molar-refractivity contribution is -0.873. The monoisotopic (exact) mass is 268 g/mol. The first kappa shape index (κ1) is 16.6. The predicted octanol–water partition coefficient (Wildman–Crippen LogP) is 0.582. The minimum Gasteiger partial charge on any atom is -0.457 e. The maximum Gasteiger partial charge on any atom is 0.325 e. The van der Waals surface area contributed by atoms with Gasteiger partial charge in [-0.1, -0.05) is 0 Å². The number of likely N-dealkylation sites (N-methyl/N-ethyl adjacent to an activating group) is 1. The number of quaternary nitrogens is 1. The van der Waals surface area contributed by atoms with E-state index < -0.39 is 13.6 Å². The molecular weight excluding hydrogens is 245 g/mol. The van der Waals surface area contributed by atoms with E-state index in [1.165, 1.54) is 0 Å². The fraction of sp³-hybridized carbons (Fsp3) is 0.900. The van der Waals surface area contributed by atoms with Crippen LogP contribution in [-0.4, -0.2) is 60.2 Å². The van der Waals surface area contributed by atoms with Crippen LogP contribution in [-0.2, 0) is 14.1 Å². The maximum absolute atomic E-state index is 11.3. The fourth-order valence-electron chi connectivity index (χ4n) is 1.52. The molecule has 6 nitrogen and oxygen atoms in total. The lowest BCUT2D eigenvalue weighted by atomic mass is 10.3. The molecule has 0 aromatic rings. The second-order valence-electron chi connectivity index (χ2n) is 5.27. The van der Waals surface area contributed by atoms with E-state index in [0.29, 0.717) is 11.0 Å². The molecule has 0 aliphatic carbocycles. The van der Waals surface area contributed by atoms with E-state index in [0.717, 1.165) is 0 Å². The van der Waals surface area contributed by atoms with E-state index in [-0.39, 0.29) is 25.1 Å². The Morgan fingerprint density at radius 1 is 1.35 bits per heavy atom. The summed E-state index contributed by atoms with van der Waals surface area (Å²) in [5.41, 5.74) is 0. The summed E-state index contributed by atoms with van der Waals surface area (Å²) in [6, 6.07) is 0. The Morgan fingerprint density at radius 3 is 2.29 bits per heavy atom. The molecule has 0 saturated heterocycles. The van der Waals surface area contributed by atoms with E-state index in [1.54, 1.807) is 0 Å². The fourth-order valence-corrected chi connectivity index (χ4v) is 2.09. The molecule has 0 aliphatic heterocycles. The zero-order valence-corrected chi connectivity index (χ0v) is 11.8. The Hall–Kier alpha value is -0.420. The standard InChI is InChI=1S/C10H22NO5P/c1-9(8-11(2,3)4)16-10(12)6-5-7-17(13,14)15/h9H,5-8H2,1-4H3,(H-,13,14,15)/p+1. The van der Waals surface area contributed by atoms with Gasteiger partial charge in [-0.2, -0.15) is 0 Å². The average Bonchev–Trinajstić information content (AvgIpc) is 1.96. The molecule has 0 aromatic heterocycles. The van der Waals surface area contributed by atoms with Crippen LogP contribution in [0.2, 0.25) is 0 Å². The first-order valence-electron chi connectivity index (χ1n) is 5.54. The summed E-state index contributed by atoms with van der Waals surface area (Å²) >= 11 is 0. The average molecular weight is 268 g/mol. The Bertz CT molecular complexity index is 294. The molecule has 0 amide bonds. The van der Waals surface area contributed by atoms with Gasteiger partial charge in [0.05, 0.1) is 27.3 Å². The molecule has 0 saturated carbocycles. The molecule has 0 radical (unpaired) electrons. The van der Waals surface area contributed by atoms with Crippen molar-refractivity contribution in [2.75, 3.05) is 33.8 Å². The lowest BCUT2D eigenvalue weighted by Crippen LogP contribution is -2.41. The molecule has 0 aromatic carbocycles. The van der Waals surface area contributed by atoms with Crippen LogP contribution in [0.15, 0.2) is 0 Å². The van der Waals surface area contributed by atoms with Gasteiger partial charge in [0.1, 0.15) is 12.6 Å². The zero-order chi connectivity index (χ0) is 13.7. The van der Waals surface area contributed by atoms with Crippen molar-refractivity contribution in [1.82, 2.24) is 0 Å². The topological polar surface area (TPSA) is 83.8 Å². The summed E-state index contributed by atoms with van der Waals surface area (Å²) in [6.45, 7) is 2.51. The highest BCUT2D eigenvalue weighted by atomic mass is 31.2. The maximum atomic E-state index is 11.3.